The van der Waals surface area contributed by atoms with Crippen molar-refractivity contribution in [1.82, 2.24) is 5.32 Å². The predicted octanol–water partition coefficient (Wildman–Crippen LogP) is 2.13. The minimum Gasteiger partial charge on any atom is -0.472 e. The van der Waals surface area contributed by atoms with E-state index in [-0.39, 0.29) is 17.9 Å². The van der Waals surface area contributed by atoms with Gasteiger partial charge in [-0.15, -0.1) is 0 Å². The Labute approximate surface area is 89.9 Å². The summed E-state index contributed by atoms with van der Waals surface area (Å²) in [5.74, 6) is 0.494. The Hall–Kier alpha value is -1.25. The standard InChI is InChI=1S/C12H17NO2/c1-9(7-10-5-6-15-8-10)13-12(14)11-3-2-4-11/h5-6,8-9,11H,2-4,7H2,1H3,(H,13,14). The van der Waals surface area contributed by atoms with E-state index in [9.17, 15) is 4.79 Å². The van der Waals surface area contributed by atoms with E-state index in [0.29, 0.717) is 0 Å². The minimum absolute atomic E-state index is 0.190. The van der Waals surface area contributed by atoms with E-state index in [1.807, 2.05) is 13.0 Å². The van der Waals surface area contributed by atoms with E-state index < -0.39 is 0 Å². The van der Waals surface area contributed by atoms with Crippen molar-refractivity contribution >= 4 is 5.91 Å². The molecule has 1 unspecified atom stereocenters. The maximum atomic E-state index is 11.6. The van der Waals surface area contributed by atoms with Crippen molar-refractivity contribution in [2.75, 3.05) is 0 Å². The van der Waals surface area contributed by atoms with Crippen LogP contribution in [0.15, 0.2) is 23.0 Å². The van der Waals surface area contributed by atoms with Gasteiger partial charge in [0.2, 0.25) is 5.91 Å². The molecule has 3 nitrogen and oxygen atoms in total. The van der Waals surface area contributed by atoms with Crippen LogP contribution in [0.4, 0.5) is 0 Å². The highest BCUT2D eigenvalue weighted by Gasteiger charge is 2.25. The summed E-state index contributed by atoms with van der Waals surface area (Å²) in [5.41, 5.74) is 1.14. The third kappa shape index (κ3) is 2.61. The molecule has 1 atom stereocenters. The van der Waals surface area contributed by atoms with Gasteiger partial charge in [0.1, 0.15) is 0 Å². The van der Waals surface area contributed by atoms with E-state index in [0.717, 1.165) is 24.8 Å². The van der Waals surface area contributed by atoms with Gasteiger partial charge in [-0.2, -0.15) is 0 Å². The predicted molar refractivity (Wildman–Crippen MR) is 57.4 cm³/mol. The molecule has 1 amide bonds. The molecular weight excluding hydrogens is 190 g/mol. The van der Waals surface area contributed by atoms with Crippen molar-refractivity contribution in [3.63, 3.8) is 0 Å². The van der Waals surface area contributed by atoms with Gasteiger partial charge in [0.25, 0.3) is 0 Å². The maximum Gasteiger partial charge on any atom is 0.223 e. The zero-order valence-corrected chi connectivity index (χ0v) is 9.03. The fourth-order valence-corrected chi connectivity index (χ4v) is 1.84. The Balaban J connectivity index is 1.76. The molecule has 0 aliphatic heterocycles. The van der Waals surface area contributed by atoms with Crippen LogP contribution < -0.4 is 5.32 Å². The van der Waals surface area contributed by atoms with Gasteiger partial charge in [0.05, 0.1) is 12.5 Å². The third-order valence-electron chi connectivity index (χ3n) is 2.99. The minimum atomic E-state index is 0.190. The van der Waals surface area contributed by atoms with Crippen molar-refractivity contribution in [2.24, 2.45) is 5.92 Å². The normalized spacial score (nSPS) is 18.2. The van der Waals surface area contributed by atoms with Gasteiger partial charge in [0, 0.05) is 12.0 Å². The fourth-order valence-electron chi connectivity index (χ4n) is 1.84. The molecule has 0 bridgehead atoms. The lowest BCUT2D eigenvalue weighted by Crippen LogP contribution is -2.40. The van der Waals surface area contributed by atoms with Gasteiger partial charge in [-0.3, -0.25) is 4.79 Å². The molecule has 1 heterocycles. The number of hydrogen-bond donors (Lipinski definition) is 1. The molecule has 3 heteroatoms. The molecule has 1 saturated carbocycles. The van der Waals surface area contributed by atoms with Crippen LogP contribution in [0.25, 0.3) is 0 Å². The molecule has 0 saturated heterocycles. The fraction of sp³-hybridized carbons (Fsp3) is 0.583. The molecule has 1 N–H and O–H groups in total. The number of furan rings is 1. The first-order chi connectivity index (χ1) is 7.25. The summed E-state index contributed by atoms with van der Waals surface area (Å²) in [7, 11) is 0. The molecule has 0 spiro atoms. The second kappa shape index (κ2) is 4.51. The topological polar surface area (TPSA) is 42.2 Å². The third-order valence-corrected chi connectivity index (χ3v) is 2.99. The maximum absolute atomic E-state index is 11.6. The van der Waals surface area contributed by atoms with Crippen molar-refractivity contribution in [2.45, 2.75) is 38.6 Å². The number of rotatable bonds is 4. The Bertz CT molecular complexity index is 314. The first kappa shape index (κ1) is 10.3. The number of hydrogen-bond acceptors (Lipinski definition) is 2. The van der Waals surface area contributed by atoms with Crippen LogP contribution >= 0.6 is 0 Å². The summed E-state index contributed by atoms with van der Waals surface area (Å²) in [4.78, 5) is 11.6. The highest BCUT2D eigenvalue weighted by molar-refractivity contribution is 5.79. The lowest BCUT2D eigenvalue weighted by atomic mass is 9.84. The molecule has 1 aliphatic rings. The molecule has 1 aliphatic carbocycles. The molecular formula is C12H17NO2. The van der Waals surface area contributed by atoms with Gasteiger partial charge in [-0.05, 0) is 37.8 Å². The second-order valence-electron chi connectivity index (χ2n) is 4.37. The SMILES string of the molecule is CC(Cc1ccoc1)NC(=O)C1CCC1. The number of amides is 1. The van der Waals surface area contributed by atoms with Crippen LogP contribution in [0.2, 0.25) is 0 Å². The highest BCUT2D eigenvalue weighted by atomic mass is 16.3. The zero-order chi connectivity index (χ0) is 10.7. The van der Waals surface area contributed by atoms with Crippen LogP contribution in [0.1, 0.15) is 31.7 Å². The van der Waals surface area contributed by atoms with Crippen LogP contribution in [0.5, 0.6) is 0 Å². The summed E-state index contributed by atoms with van der Waals surface area (Å²) < 4.78 is 4.99. The summed E-state index contributed by atoms with van der Waals surface area (Å²) in [6.07, 6.45) is 7.56. The molecule has 0 aromatic carbocycles. The Morgan fingerprint density at radius 3 is 3.00 bits per heavy atom. The van der Waals surface area contributed by atoms with Crippen molar-refractivity contribution < 1.29 is 9.21 Å². The van der Waals surface area contributed by atoms with Gasteiger partial charge < -0.3 is 9.73 Å². The number of carbonyl (C=O) groups excluding carboxylic acids is 1. The van der Waals surface area contributed by atoms with E-state index in [1.165, 1.54) is 6.42 Å². The largest absolute Gasteiger partial charge is 0.472 e. The molecule has 1 fully saturated rings. The van der Waals surface area contributed by atoms with E-state index in [2.05, 4.69) is 5.32 Å². The molecule has 1 aromatic heterocycles. The van der Waals surface area contributed by atoms with Crippen LogP contribution in [-0.2, 0) is 11.2 Å². The summed E-state index contributed by atoms with van der Waals surface area (Å²) in [6.45, 7) is 2.03. The average Bonchev–Trinajstić information content (AvgIpc) is 2.52. The first-order valence-electron chi connectivity index (χ1n) is 5.57. The Morgan fingerprint density at radius 2 is 2.47 bits per heavy atom. The monoisotopic (exact) mass is 207 g/mol. The summed E-state index contributed by atoms with van der Waals surface area (Å²) in [6, 6.07) is 2.13. The van der Waals surface area contributed by atoms with Crippen molar-refractivity contribution in [1.29, 1.82) is 0 Å². The molecule has 1 aromatic rings. The van der Waals surface area contributed by atoms with Crippen molar-refractivity contribution in [3.05, 3.63) is 24.2 Å². The number of carbonyl (C=O) groups is 1. The van der Waals surface area contributed by atoms with E-state index >= 15 is 0 Å². The van der Waals surface area contributed by atoms with Crippen molar-refractivity contribution in [3.8, 4) is 0 Å². The lowest BCUT2D eigenvalue weighted by Gasteiger charge is -2.26. The number of nitrogens with one attached hydrogen (secondary N) is 1. The Kier molecular flexibility index (Phi) is 3.09. The molecule has 82 valence electrons. The van der Waals surface area contributed by atoms with E-state index in [1.54, 1.807) is 12.5 Å². The molecule has 2 rings (SSSR count). The quantitative estimate of drug-likeness (QED) is 0.821. The summed E-state index contributed by atoms with van der Waals surface area (Å²) in [5, 5.41) is 3.04. The van der Waals surface area contributed by atoms with Crippen LogP contribution in [-0.4, -0.2) is 11.9 Å². The van der Waals surface area contributed by atoms with Gasteiger partial charge in [-0.1, -0.05) is 6.42 Å². The van der Waals surface area contributed by atoms with E-state index in [4.69, 9.17) is 4.42 Å². The first-order valence-corrected chi connectivity index (χ1v) is 5.57. The molecule has 0 radical (unpaired) electrons. The molecule has 15 heavy (non-hydrogen) atoms. The summed E-state index contributed by atoms with van der Waals surface area (Å²) >= 11 is 0. The average molecular weight is 207 g/mol. The van der Waals surface area contributed by atoms with Gasteiger partial charge >= 0.3 is 0 Å². The Morgan fingerprint density at radius 1 is 1.67 bits per heavy atom. The highest BCUT2D eigenvalue weighted by Crippen LogP contribution is 2.26. The second-order valence-corrected chi connectivity index (χ2v) is 4.37. The van der Waals surface area contributed by atoms with Crippen LogP contribution in [0, 0.1) is 5.92 Å². The lowest BCUT2D eigenvalue weighted by molar-refractivity contribution is -0.127. The van der Waals surface area contributed by atoms with Gasteiger partial charge in [0.15, 0.2) is 0 Å². The zero-order valence-electron chi connectivity index (χ0n) is 9.03. The smallest absolute Gasteiger partial charge is 0.223 e. The van der Waals surface area contributed by atoms with Crippen LogP contribution in [0.3, 0.4) is 0 Å². The van der Waals surface area contributed by atoms with Gasteiger partial charge in [-0.25, -0.2) is 0 Å².